The Bertz CT molecular complexity index is 1420. The second kappa shape index (κ2) is 10.5. The van der Waals surface area contributed by atoms with Crippen molar-refractivity contribution in [2.45, 2.75) is 29.5 Å². The number of rotatable bonds is 6. The Morgan fingerprint density at radius 2 is 2.19 bits per heavy atom. The van der Waals surface area contributed by atoms with Gasteiger partial charge in [0.05, 0.1) is 23.3 Å². The topological polar surface area (TPSA) is 138 Å². The Morgan fingerprint density at radius 3 is 2.92 bits per heavy atom. The number of nitrogens with two attached hydrogens (primary N) is 1. The molecule has 2 aliphatic rings. The maximum atomic E-state index is 13.1. The van der Waals surface area contributed by atoms with Crippen molar-refractivity contribution in [3.05, 3.63) is 67.9 Å². The molecule has 13 heteroatoms. The number of ketones is 1. The van der Waals surface area contributed by atoms with Crippen LogP contribution in [0.1, 0.15) is 30.1 Å². The zero-order chi connectivity index (χ0) is 25.2. The number of aromatic nitrogens is 3. The van der Waals surface area contributed by atoms with Gasteiger partial charge in [-0.3, -0.25) is 14.5 Å². The molecule has 3 N–H and O–H groups in total. The van der Waals surface area contributed by atoms with E-state index in [-0.39, 0.29) is 23.3 Å². The number of hydrogen-bond acceptors (Lipinski definition) is 11. The molecule has 0 spiro atoms. The van der Waals surface area contributed by atoms with Gasteiger partial charge >= 0.3 is 0 Å². The van der Waals surface area contributed by atoms with Gasteiger partial charge in [-0.2, -0.15) is 5.26 Å². The summed E-state index contributed by atoms with van der Waals surface area (Å²) in [5.74, 6) is 0.171. The van der Waals surface area contributed by atoms with Crippen LogP contribution < -0.4 is 16.0 Å². The van der Waals surface area contributed by atoms with Gasteiger partial charge in [0.15, 0.2) is 10.1 Å². The summed E-state index contributed by atoms with van der Waals surface area (Å²) in [6, 6.07) is 9.57. The molecule has 1 unspecified atom stereocenters. The summed E-state index contributed by atoms with van der Waals surface area (Å²) in [5.41, 5.74) is 8.26. The predicted molar refractivity (Wildman–Crippen MR) is 143 cm³/mol. The summed E-state index contributed by atoms with van der Waals surface area (Å²) in [5, 5.41) is 23.7. The number of halogens is 1. The zero-order valence-electron chi connectivity index (χ0n) is 18.6. The van der Waals surface area contributed by atoms with Crippen LogP contribution in [-0.2, 0) is 9.59 Å². The van der Waals surface area contributed by atoms with Crippen LogP contribution in [0.2, 0.25) is 0 Å². The Balaban J connectivity index is 1.39. The fraction of sp³-hybridized carbons (Fsp3) is 0.217. The number of thiophene rings is 1. The predicted octanol–water partition coefficient (Wildman–Crippen LogP) is 4.79. The third-order valence-electron chi connectivity index (χ3n) is 5.65. The molecular weight excluding hydrogens is 582 g/mol. The summed E-state index contributed by atoms with van der Waals surface area (Å²) in [6.45, 7) is 0. The van der Waals surface area contributed by atoms with Gasteiger partial charge in [-0.15, -0.1) is 21.5 Å². The molecule has 0 saturated carbocycles. The van der Waals surface area contributed by atoms with Crippen LogP contribution in [0, 0.1) is 11.3 Å². The largest absolute Gasteiger partial charge is 0.384 e. The first-order valence-electron chi connectivity index (χ1n) is 10.8. The molecule has 0 aromatic carbocycles. The van der Waals surface area contributed by atoms with E-state index in [9.17, 15) is 14.9 Å². The molecular formula is C23H18BrN7O2S3. The van der Waals surface area contributed by atoms with Crippen molar-refractivity contribution in [1.82, 2.24) is 15.2 Å². The van der Waals surface area contributed by atoms with E-state index in [1.807, 2.05) is 17.5 Å². The second-order valence-electron chi connectivity index (χ2n) is 7.88. The van der Waals surface area contributed by atoms with Gasteiger partial charge in [0.25, 0.3) is 0 Å². The first-order valence-corrected chi connectivity index (χ1v) is 14.3. The molecule has 0 saturated heterocycles. The number of anilines is 2. The van der Waals surface area contributed by atoms with Crippen LogP contribution in [0.4, 0.5) is 10.9 Å². The third kappa shape index (κ3) is 4.81. The highest BCUT2D eigenvalue weighted by molar-refractivity contribution is 9.10. The Kier molecular flexibility index (Phi) is 7.20. The second-order valence-corrected chi connectivity index (χ2v) is 12.0. The molecule has 3 aromatic heterocycles. The van der Waals surface area contributed by atoms with Gasteiger partial charge in [-0.05, 0) is 52.4 Å². The molecule has 0 fully saturated rings. The number of nitrogens with one attached hydrogen (secondary N) is 1. The number of carbonyl (C=O) groups excluding carboxylic acids is 2. The fourth-order valence-electron chi connectivity index (χ4n) is 4.15. The Labute approximate surface area is 227 Å². The molecule has 0 radical (unpaired) electrons. The highest BCUT2D eigenvalue weighted by Gasteiger charge is 2.41. The molecule has 9 nitrogen and oxygen atoms in total. The lowest BCUT2D eigenvalue weighted by Gasteiger charge is -2.37. The van der Waals surface area contributed by atoms with Gasteiger partial charge in [0, 0.05) is 33.2 Å². The smallest absolute Gasteiger partial charge is 0.235 e. The Hall–Kier alpha value is -3.05. The van der Waals surface area contributed by atoms with Crippen molar-refractivity contribution in [2.24, 2.45) is 5.73 Å². The molecule has 4 heterocycles. The first kappa shape index (κ1) is 24.6. The van der Waals surface area contributed by atoms with E-state index in [2.05, 4.69) is 42.5 Å². The molecule has 1 amide bonds. The number of allylic oxidation sites excluding steroid dienone is 3. The summed E-state index contributed by atoms with van der Waals surface area (Å²) >= 11 is 7.31. The highest BCUT2D eigenvalue weighted by Crippen LogP contribution is 2.47. The van der Waals surface area contributed by atoms with Gasteiger partial charge in [0.1, 0.15) is 11.6 Å². The van der Waals surface area contributed by atoms with Crippen molar-refractivity contribution in [3.8, 4) is 6.07 Å². The molecule has 182 valence electrons. The molecule has 1 atom stereocenters. The number of pyridine rings is 1. The number of Topliss-reactive ketones (excluding diaryl/α,β-unsaturated/α-hetero) is 1. The van der Waals surface area contributed by atoms with Crippen molar-refractivity contribution >= 4 is 73.0 Å². The van der Waals surface area contributed by atoms with E-state index in [1.54, 1.807) is 23.2 Å². The number of carbonyl (C=O) groups is 2. The highest BCUT2D eigenvalue weighted by atomic mass is 79.9. The third-order valence-corrected chi connectivity index (χ3v) is 9.10. The SMILES string of the molecule is N#CC1=C(N)N(c2nnc(SCC(=O)Nc3ccc(Br)cn3)s2)C2=C(C(=O)CCC2)C1c1cccs1. The fourth-order valence-corrected chi connectivity index (χ4v) is 6.91. The van der Waals surface area contributed by atoms with E-state index >= 15 is 0 Å². The molecule has 0 bridgehead atoms. The van der Waals surface area contributed by atoms with Crippen LogP contribution in [0.25, 0.3) is 0 Å². The van der Waals surface area contributed by atoms with Gasteiger partial charge in [-0.1, -0.05) is 29.2 Å². The van der Waals surface area contributed by atoms with Gasteiger partial charge in [0.2, 0.25) is 11.0 Å². The lowest BCUT2D eigenvalue weighted by molar-refractivity contribution is -0.116. The maximum Gasteiger partial charge on any atom is 0.235 e. The average molecular weight is 601 g/mol. The van der Waals surface area contributed by atoms with E-state index in [1.165, 1.54) is 34.4 Å². The van der Waals surface area contributed by atoms with Crippen LogP contribution in [0.5, 0.6) is 0 Å². The molecule has 36 heavy (non-hydrogen) atoms. The first-order chi connectivity index (χ1) is 17.5. The maximum absolute atomic E-state index is 13.1. The van der Waals surface area contributed by atoms with Crippen LogP contribution >= 0.6 is 50.4 Å². The van der Waals surface area contributed by atoms with Crippen molar-refractivity contribution in [3.63, 3.8) is 0 Å². The van der Waals surface area contributed by atoms with E-state index < -0.39 is 5.92 Å². The van der Waals surface area contributed by atoms with E-state index in [0.29, 0.717) is 45.7 Å². The number of thioether (sulfide) groups is 1. The number of nitrogens with zero attached hydrogens (tertiary/aromatic N) is 5. The molecule has 1 aliphatic carbocycles. The molecule has 5 rings (SSSR count). The van der Waals surface area contributed by atoms with Gasteiger partial charge in [-0.25, -0.2) is 4.98 Å². The van der Waals surface area contributed by atoms with Crippen LogP contribution in [-0.4, -0.2) is 32.6 Å². The van der Waals surface area contributed by atoms with E-state index in [0.717, 1.165) is 15.0 Å². The normalized spacial score (nSPS) is 17.7. The standard InChI is InChI=1S/C23H18BrN7O2S3/c24-12-6-7-17(27-10-12)28-18(33)11-35-23-30-29-22(36-23)31-14-3-1-4-15(32)20(14)19(13(9-25)21(31)26)16-5-2-8-34-16/h2,5-8,10,19H,1,3-4,11,26H2,(H,27,28,33). The van der Waals surface area contributed by atoms with Gasteiger partial charge < -0.3 is 11.1 Å². The monoisotopic (exact) mass is 599 g/mol. The van der Waals surface area contributed by atoms with Crippen LogP contribution in [0.15, 0.2) is 67.3 Å². The summed E-state index contributed by atoms with van der Waals surface area (Å²) in [7, 11) is 0. The minimum atomic E-state index is -0.466. The number of hydrogen-bond donors (Lipinski definition) is 2. The zero-order valence-corrected chi connectivity index (χ0v) is 22.6. The summed E-state index contributed by atoms with van der Waals surface area (Å²) in [6.07, 6.45) is 3.39. The van der Waals surface area contributed by atoms with Crippen molar-refractivity contribution in [1.29, 1.82) is 5.26 Å². The van der Waals surface area contributed by atoms with E-state index in [4.69, 9.17) is 5.73 Å². The quantitative estimate of drug-likeness (QED) is 0.383. The minimum absolute atomic E-state index is 0.0252. The van der Waals surface area contributed by atoms with Crippen LogP contribution in [0.3, 0.4) is 0 Å². The lowest BCUT2D eigenvalue weighted by Crippen LogP contribution is -2.38. The molecule has 1 aliphatic heterocycles. The number of amides is 1. The Morgan fingerprint density at radius 1 is 1.33 bits per heavy atom. The average Bonchev–Trinajstić information content (AvgIpc) is 3.56. The number of nitriles is 1. The summed E-state index contributed by atoms with van der Waals surface area (Å²) < 4.78 is 1.39. The van der Waals surface area contributed by atoms with Crippen molar-refractivity contribution < 1.29 is 9.59 Å². The molecule has 3 aromatic rings. The van der Waals surface area contributed by atoms with Crippen molar-refractivity contribution in [2.75, 3.05) is 16.0 Å². The lowest BCUT2D eigenvalue weighted by atomic mass is 9.78. The summed E-state index contributed by atoms with van der Waals surface area (Å²) in [4.78, 5) is 32.2. The minimum Gasteiger partial charge on any atom is -0.384 e.